The van der Waals surface area contributed by atoms with Crippen molar-refractivity contribution in [2.24, 2.45) is 5.73 Å². The van der Waals surface area contributed by atoms with Gasteiger partial charge in [-0.05, 0) is 50.2 Å². The normalized spacial score (nSPS) is 20.9. The minimum Gasteiger partial charge on any atom is -0.312 e. The number of amides is 2. The molecule has 2 aliphatic heterocycles. The van der Waals surface area contributed by atoms with E-state index in [0.717, 1.165) is 25.3 Å². The molecule has 0 saturated carbocycles. The van der Waals surface area contributed by atoms with Gasteiger partial charge >= 0.3 is 0 Å². The summed E-state index contributed by atoms with van der Waals surface area (Å²) in [7, 11) is 0. The van der Waals surface area contributed by atoms with E-state index < -0.39 is 11.9 Å². The van der Waals surface area contributed by atoms with Crippen LogP contribution in [0.5, 0.6) is 0 Å². The van der Waals surface area contributed by atoms with Crippen molar-refractivity contribution in [3.05, 3.63) is 54.6 Å². The first kappa shape index (κ1) is 19.6. The Kier molecular flexibility index (Phi) is 5.92. The molecule has 6 heteroatoms. The van der Waals surface area contributed by atoms with Crippen LogP contribution in [0.25, 0.3) is 0 Å². The molecule has 0 aliphatic carbocycles. The van der Waals surface area contributed by atoms with Gasteiger partial charge in [0.15, 0.2) is 6.04 Å². The van der Waals surface area contributed by atoms with E-state index in [1.54, 1.807) is 9.80 Å². The number of carbonyl (C=O) groups is 2. The van der Waals surface area contributed by atoms with Crippen LogP contribution in [0.15, 0.2) is 54.6 Å². The van der Waals surface area contributed by atoms with E-state index in [9.17, 15) is 9.59 Å². The fraction of sp³-hybridized carbons (Fsp3) is 0.391. The molecule has 2 aliphatic rings. The monoisotopic (exact) mass is 392 g/mol. The standard InChI is InChI=1S/C23H28N4O2/c24-21-22(28)26(17-16-25-14-8-1-2-9-15-25)19-12-6-7-13-20(19)27(23(21)29)18-10-4-3-5-11-18/h3-7,10-13,21H,1-2,8-9,14-17,24H2. The van der Waals surface area contributed by atoms with Crippen molar-refractivity contribution in [3.8, 4) is 0 Å². The van der Waals surface area contributed by atoms with E-state index in [4.69, 9.17) is 5.73 Å². The number of carbonyl (C=O) groups excluding carboxylic acids is 2. The van der Waals surface area contributed by atoms with E-state index in [2.05, 4.69) is 4.90 Å². The Morgan fingerprint density at radius 2 is 1.38 bits per heavy atom. The molecule has 2 heterocycles. The second-order valence-electron chi connectivity index (χ2n) is 7.72. The molecule has 152 valence electrons. The number of anilines is 3. The summed E-state index contributed by atoms with van der Waals surface area (Å²) in [5, 5.41) is 0. The zero-order valence-electron chi connectivity index (χ0n) is 16.7. The summed E-state index contributed by atoms with van der Waals surface area (Å²) in [6, 6.07) is 15.7. The van der Waals surface area contributed by atoms with Crippen molar-refractivity contribution >= 4 is 28.9 Å². The maximum atomic E-state index is 13.2. The van der Waals surface area contributed by atoms with Gasteiger partial charge in [0.05, 0.1) is 11.4 Å². The fourth-order valence-electron chi connectivity index (χ4n) is 4.21. The largest absolute Gasteiger partial charge is 0.312 e. The third-order valence-electron chi connectivity index (χ3n) is 5.78. The lowest BCUT2D eigenvalue weighted by Crippen LogP contribution is -2.51. The number of hydrogen-bond acceptors (Lipinski definition) is 4. The predicted octanol–water partition coefficient (Wildman–Crippen LogP) is 2.90. The van der Waals surface area contributed by atoms with Crippen LogP contribution >= 0.6 is 0 Å². The molecule has 4 rings (SSSR count). The molecule has 2 N–H and O–H groups in total. The van der Waals surface area contributed by atoms with E-state index in [0.29, 0.717) is 17.9 Å². The number of rotatable bonds is 4. The summed E-state index contributed by atoms with van der Waals surface area (Å²) in [4.78, 5) is 32.0. The molecule has 1 atom stereocenters. The molecule has 29 heavy (non-hydrogen) atoms. The van der Waals surface area contributed by atoms with E-state index in [1.807, 2.05) is 54.6 Å². The van der Waals surface area contributed by atoms with Gasteiger partial charge in [0.25, 0.3) is 11.8 Å². The highest BCUT2D eigenvalue weighted by molar-refractivity contribution is 6.22. The Morgan fingerprint density at radius 3 is 2.07 bits per heavy atom. The number of likely N-dealkylation sites (tertiary alicyclic amines) is 1. The lowest BCUT2D eigenvalue weighted by molar-refractivity contribution is -0.127. The number of fused-ring (bicyclic) bond motifs is 1. The van der Waals surface area contributed by atoms with Crippen LogP contribution in [0, 0.1) is 0 Å². The molecule has 2 aromatic rings. The number of nitrogens with two attached hydrogens (primary N) is 1. The Labute approximate surface area is 171 Å². The maximum absolute atomic E-state index is 13.2. The molecule has 0 aromatic heterocycles. The van der Waals surface area contributed by atoms with Gasteiger partial charge in [0.2, 0.25) is 0 Å². The molecule has 2 aromatic carbocycles. The number of benzene rings is 2. The average Bonchev–Trinajstić information content (AvgIpc) is 3.06. The third-order valence-corrected chi connectivity index (χ3v) is 5.78. The van der Waals surface area contributed by atoms with Crippen molar-refractivity contribution in [2.75, 3.05) is 36.0 Å². The summed E-state index contributed by atoms with van der Waals surface area (Å²) < 4.78 is 0. The van der Waals surface area contributed by atoms with Crippen molar-refractivity contribution in [1.82, 2.24) is 4.90 Å². The molecule has 0 spiro atoms. The van der Waals surface area contributed by atoms with Crippen LogP contribution < -0.4 is 15.5 Å². The summed E-state index contributed by atoms with van der Waals surface area (Å²) in [5.74, 6) is -0.735. The van der Waals surface area contributed by atoms with Gasteiger partial charge in [-0.2, -0.15) is 0 Å². The van der Waals surface area contributed by atoms with Crippen LogP contribution in [-0.4, -0.2) is 48.9 Å². The van der Waals surface area contributed by atoms with E-state index >= 15 is 0 Å². The first-order chi connectivity index (χ1) is 14.2. The second-order valence-corrected chi connectivity index (χ2v) is 7.72. The Morgan fingerprint density at radius 1 is 0.759 bits per heavy atom. The van der Waals surface area contributed by atoms with Gasteiger partial charge in [0.1, 0.15) is 0 Å². The fourth-order valence-corrected chi connectivity index (χ4v) is 4.21. The third kappa shape index (κ3) is 4.04. The highest BCUT2D eigenvalue weighted by Crippen LogP contribution is 2.37. The van der Waals surface area contributed by atoms with Crippen LogP contribution in [0.2, 0.25) is 0 Å². The zero-order valence-corrected chi connectivity index (χ0v) is 16.7. The molecule has 1 unspecified atom stereocenters. The minimum atomic E-state index is -1.22. The Hall–Kier alpha value is -2.70. The summed E-state index contributed by atoms with van der Waals surface area (Å²) in [6.07, 6.45) is 4.94. The van der Waals surface area contributed by atoms with Crippen molar-refractivity contribution in [3.63, 3.8) is 0 Å². The first-order valence-corrected chi connectivity index (χ1v) is 10.4. The number of nitrogens with zero attached hydrogens (tertiary/aromatic N) is 3. The smallest absolute Gasteiger partial charge is 0.258 e. The molecular formula is C23H28N4O2. The van der Waals surface area contributed by atoms with Crippen molar-refractivity contribution in [1.29, 1.82) is 0 Å². The second kappa shape index (κ2) is 8.76. The molecular weight excluding hydrogens is 364 g/mol. The van der Waals surface area contributed by atoms with Crippen molar-refractivity contribution < 1.29 is 9.59 Å². The summed E-state index contributed by atoms with van der Waals surface area (Å²) in [5.41, 5.74) is 8.30. The molecule has 1 saturated heterocycles. The van der Waals surface area contributed by atoms with Gasteiger partial charge in [-0.1, -0.05) is 43.2 Å². The van der Waals surface area contributed by atoms with Gasteiger partial charge in [0, 0.05) is 18.8 Å². The van der Waals surface area contributed by atoms with Gasteiger partial charge < -0.3 is 15.5 Å². The van der Waals surface area contributed by atoms with Crippen LogP contribution in [0.3, 0.4) is 0 Å². The van der Waals surface area contributed by atoms with Gasteiger partial charge in [-0.3, -0.25) is 14.5 Å². The summed E-state index contributed by atoms with van der Waals surface area (Å²) >= 11 is 0. The lowest BCUT2D eigenvalue weighted by atomic mass is 10.2. The van der Waals surface area contributed by atoms with E-state index in [1.165, 1.54) is 25.7 Å². The minimum absolute atomic E-state index is 0.337. The number of hydrogen-bond donors (Lipinski definition) is 1. The van der Waals surface area contributed by atoms with E-state index in [-0.39, 0.29) is 5.91 Å². The molecule has 6 nitrogen and oxygen atoms in total. The lowest BCUT2D eigenvalue weighted by Gasteiger charge is -2.28. The van der Waals surface area contributed by atoms with Gasteiger partial charge in [-0.25, -0.2) is 0 Å². The quantitative estimate of drug-likeness (QED) is 0.813. The van der Waals surface area contributed by atoms with Crippen LogP contribution in [-0.2, 0) is 9.59 Å². The molecule has 2 amide bonds. The maximum Gasteiger partial charge on any atom is 0.258 e. The SMILES string of the molecule is NC1C(=O)N(CCN2CCCCCC2)c2ccccc2N(c2ccccc2)C1=O. The zero-order chi connectivity index (χ0) is 20.2. The first-order valence-electron chi connectivity index (χ1n) is 10.4. The Bertz CT molecular complexity index is 862. The highest BCUT2D eigenvalue weighted by Gasteiger charge is 2.38. The highest BCUT2D eigenvalue weighted by atomic mass is 16.2. The number of para-hydroxylation sites is 3. The average molecular weight is 393 g/mol. The van der Waals surface area contributed by atoms with Crippen molar-refractivity contribution in [2.45, 2.75) is 31.7 Å². The predicted molar refractivity (Wildman–Crippen MR) is 115 cm³/mol. The molecule has 0 radical (unpaired) electrons. The topological polar surface area (TPSA) is 69.9 Å². The van der Waals surface area contributed by atoms with Gasteiger partial charge in [-0.15, -0.1) is 0 Å². The Balaban J connectivity index is 1.68. The summed E-state index contributed by atoms with van der Waals surface area (Å²) in [6.45, 7) is 3.43. The van der Waals surface area contributed by atoms with Crippen LogP contribution in [0.1, 0.15) is 25.7 Å². The molecule has 0 bridgehead atoms. The van der Waals surface area contributed by atoms with Crippen LogP contribution in [0.4, 0.5) is 17.1 Å². The molecule has 1 fully saturated rings.